The second-order valence-electron chi connectivity index (χ2n) is 5.91. The van der Waals surface area contributed by atoms with Crippen molar-refractivity contribution in [1.82, 2.24) is 14.6 Å². The fraction of sp³-hybridized carbons (Fsp3) is 0.714. The monoisotopic (exact) mass is 311 g/mol. The highest BCUT2D eigenvalue weighted by Crippen LogP contribution is 2.27. The minimum Gasteiger partial charge on any atom is -0.382 e. The van der Waals surface area contributed by atoms with Gasteiger partial charge in [0.2, 0.25) is 0 Å². The van der Waals surface area contributed by atoms with Gasteiger partial charge in [0.25, 0.3) is 5.91 Å². The zero-order valence-corrected chi connectivity index (χ0v) is 13.8. The van der Waals surface area contributed by atoms with Gasteiger partial charge in [0, 0.05) is 18.6 Å². The first-order valence-corrected chi connectivity index (χ1v) is 8.26. The van der Waals surface area contributed by atoms with Crippen LogP contribution in [0.5, 0.6) is 0 Å². The van der Waals surface area contributed by atoms with Crippen LogP contribution in [0.2, 0.25) is 0 Å². The quantitative estimate of drug-likeness (QED) is 0.772. The van der Waals surface area contributed by atoms with Gasteiger partial charge >= 0.3 is 0 Å². The highest BCUT2D eigenvalue weighted by atomic mass is 32.1. The van der Waals surface area contributed by atoms with Gasteiger partial charge in [-0.05, 0) is 51.8 Å². The van der Waals surface area contributed by atoms with Crippen molar-refractivity contribution < 1.29 is 4.79 Å². The minimum absolute atomic E-state index is 0.0779. The number of piperidine rings is 1. The van der Waals surface area contributed by atoms with Crippen molar-refractivity contribution in [1.29, 1.82) is 0 Å². The Bertz CT molecular complexity index is 488. The minimum atomic E-state index is -0.157. The topological polar surface area (TPSA) is 83.3 Å². The van der Waals surface area contributed by atoms with Crippen molar-refractivity contribution >= 4 is 28.3 Å². The zero-order valence-electron chi connectivity index (χ0n) is 13.0. The molecule has 118 valence electrons. The van der Waals surface area contributed by atoms with Crippen LogP contribution in [0.4, 0.5) is 10.8 Å². The first-order chi connectivity index (χ1) is 9.99. The second kappa shape index (κ2) is 7.09. The standard InChI is InChI=1S/C14H25N5OS/c1-9(2)17-13(20)11-12(15)18-21-14(11)16-8-10-6-4-5-7-19(10)3/h9-10,16H,4-8H2,1-3H3,(H2,15,18)(H,17,20). The lowest BCUT2D eigenvalue weighted by Gasteiger charge is -2.32. The van der Waals surface area contributed by atoms with Crippen LogP contribution in [0.25, 0.3) is 0 Å². The van der Waals surface area contributed by atoms with Gasteiger partial charge in [-0.25, -0.2) is 0 Å². The van der Waals surface area contributed by atoms with Gasteiger partial charge in [0.05, 0.1) is 0 Å². The van der Waals surface area contributed by atoms with Crippen molar-refractivity contribution in [2.24, 2.45) is 0 Å². The number of anilines is 2. The fourth-order valence-electron chi connectivity index (χ4n) is 2.59. The third-order valence-electron chi connectivity index (χ3n) is 3.79. The number of carbonyl (C=O) groups excluding carboxylic acids is 1. The van der Waals surface area contributed by atoms with Gasteiger partial charge in [-0.15, -0.1) is 0 Å². The summed E-state index contributed by atoms with van der Waals surface area (Å²) in [5.74, 6) is 0.147. The van der Waals surface area contributed by atoms with Crippen molar-refractivity contribution in [2.45, 2.75) is 45.2 Å². The number of likely N-dealkylation sites (N-methyl/N-ethyl adjacent to an activating group) is 1. The number of amides is 1. The Morgan fingerprint density at radius 3 is 2.95 bits per heavy atom. The van der Waals surface area contributed by atoms with E-state index in [2.05, 4.69) is 27.0 Å². The Hall–Kier alpha value is -1.34. The summed E-state index contributed by atoms with van der Waals surface area (Å²) >= 11 is 1.26. The lowest BCUT2D eigenvalue weighted by Crippen LogP contribution is -2.41. The molecule has 1 aliphatic heterocycles. The van der Waals surface area contributed by atoms with Gasteiger partial charge < -0.3 is 21.3 Å². The molecule has 4 N–H and O–H groups in total. The largest absolute Gasteiger partial charge is 0.382 e. The van der Waals surface area contributed by atoms with E-state index >= 15 is 0 Å². The Balaban J connectivity index is 2.01. The van der Waals surface area contributed by atoms with Crippen molar-refractivity contribution in [2.75, 3.05) is 31.2 Å². The Morgan fingerprint density at radius 1 is 1.52 bits per heavy atom. The van der Waals surface area contributed by atoms with Crippen LogP contribution >= 0.6 is 11.5 Å². The lowest BCUT2D eigenvalue weighted by molar-refractivity contribution is 0.0945. The molecule has 2 heterocycles. The summed E-state index contributed by atoms with van der Waals surface area (Å²) in [7, 11) is 2.15. The molecule has 1 atom stereocenters. The van der Waals surface area contributed by atoms with Crippen molar-refractivity contribution in [3.63, 3.8) is 0 Å². The summed E-state index contributed by atoms with van der Waals surface area (Å²) < 4.78 is 4.11. The van der Waals surface area contributed by atoms with Gasteiger partial charge in [-0.1, -0.05) is 6.42 Å². The molecule has 0 bridgehead atoms. The fourth-order valence-corrected chi connectivity index (χ4v) is 3.31. The highest BCUT2D eigenvalue weighted by Gasteiger charge is 2.22. The van der Waals surface area contributed by atoms with Crippen LogP contribution in [0.15, 0.2) is 0 Å². The molecule has 1 aliphatic rings. The maximum atomic E-state index is 12.2. The number of nitrogens with two attached hydrogens (primary N) is 1. The first-order valence-electron chi connectivity index (χ1n) is 7.49. The van der Waals surface area contributed by atoms with E-state index in [4.69, 9.17) is 5.73 Å². The van der Waals surface area contributed by atoms with Crippen LogP contribution in [0.3, 0.4) is 0 Å². The maximum Gasteiger partial charge on any atom is 0.258 e. The van der Waals surface area contributed by atoms with E-state index < -0.39 is 0 Å². The molecule has 1 aromatic heterocycles. The summed E-state index contributed by atoms with van der Waals surface area (Å²) in [6.45, 7) is 5.81. The molecule has 7 heteroatoms. The zero-order chi connectivity index (χ0) is 15.4. The third kappa shape index (κ3) is 4.07. The number of nitrogen functional groups attached to an aromatic ring is 1. The van der Waals surface area contributed by atoms with Gasteiger partial charge in [-0.3, -0.25) is 4.79 Å². The number of hydrogen-bond acceptors (Lipinski definition) is 6. The number of likely N-dealkylation sites (tertiary alicyclic amines) is 1. The Kier molecular flexibility index (Phi) is 5.41. The summed E-state index contributed by atoms with van der Waals surface area (Å²) in [4.78, 5) is 14.6. The predicted molar refractivity (Wildman–Crippen MR) is 87.9 cm³/mol. The number of rotatable bonds is 5. The molecule has 1 unspecified atom stereocenters. The van der Waals surface area contributed by atoms with E-state index in [1.165, 1.54) is 30.8 Å². The molecule has 1 fully saturated rings. The molecule has 2 rings (SSSR count). The van der Waals surface area contributed by atoms with E-state index in [1.807, 2.05) is 13.8 Å². The SMILES string of the molecule is CC(C)NC(=O)c1c(N)nsc1NCC1CCCCN1C. The molecular weight excluding hydrogens is 286 g/mol. The third-order valence-corrected chi connectivity index (χ3v) is 4.60. The number of nitrogens with zero attached hydrogens (tertiary/aromatic N) is 2. The molecule has 0 spiro atoms. The van der Waals surface area contributed by atoms with E-state index in [0.29, 0.717) is 17.4 Å². The number of hydrogen-bond donors (Lipinski definition) is 3. The number of aromatic nitrogens is 1. The predicted octanol–water partition coefficient (Wildman–Crippen LogP) is 1.76. The molecular formula is C14H25N5OS. The summed E-state index contributed by atoms with van der Waals surface area (Å²) in [6, 6.07) is 0.581. The van der Waals surface area contributed by atoms with Crippen LogP contribution in [-0.4, -0.2) is 47.4 Å². The lowest BCUT2D eigenvalue weighted by atomic mass is 10.0. The average Bonchev–Trinajstić information content (AvgIpc) is 2.78. The number of nitrogens with one attached hydrogen (secondary N) is 2. The van der Waals surface area contributed by atoms with Crippen LogP contribution in [0, 0.1) is 0 Å². The molecule has 0 radical (unpaired) electrons. The van der Waals surface area contributed by atoms with Crippen molar-refractivity contribution in [3.05, 3.63) is 5.56 Å². The average molecular weight is 311 g/mol. The summed E-state index contributed by atoms with van der Waals surface area (Å²) in [5, 5.41) is 7.00. The highest BCUT2D eigenvalue weighted by molar-refractivity contribution is 7.11. The van der Waals surface area contributed by atoms with E-state index in [9.17, 15) is 4.79 Å². The van der Waals surface area contributed by atoms with Crippen LogP contribution in [0.1, 0.15) is 43.5 Å². The van der Waals surface area contributed by atoms with Crippen LogP contribution in [-0.2, 0) is 0 Å². The Labute approximate surface area is 130 Å². The maximum absolute atomic E-state index is 12.2. The molecule has 1 amide bonds. The first kappa shape index (κ1) is 16.0. The second-order valence-corrected chi connectivity index (χ2v) is 6.68. The summed E-state index contributed by atoms with van der Waals surface area (Å²) in [5.41, 5.74) is 6.32. The molecule has 1 saturated heterocycles. The van der Waals surface area contributed by atoms with E-state index in [1.54, 1.807) is 0 Å². The summed E-state index contributed by atoms with van der Waals surface area (Å²) in [6.07, 6.45) is 3.72. The molecule has 0 aliphatic carbocycles. The smallest absolute Gasteiger partial charge is 0.258 e. The number of carbonyl (C=O) groups is 1. The molecule has 0 saturated carbocycles. The van der Waals surface area contributed by atoms with Crippen molar-refractivity contribution in [3.8, 4) is 0 Å². The molecule has 1 aromatic rings. The van der Waals surface area contributed by atoms with Gasteiger partial charge in [0.15, 0.2) is 5.82 Å². The molecule has 21 heavy (non-hydrogen) atoms. The molecule has 0 aromatic carbocycles. The van der Waals surface area contributed by atoms with Gasteiger partial charge in [-0.2, -0.15) is 4.37 Å². The van der Waals surface area contributed by atoms with Crippen LogP contribution < -0.4 is 16.4 Å². The van der Waals surface area contributed by atoms with E-state index in [0.717, 1.165) is 18.1 Å². The Morgan fingerprint density at radius 2 is 2.29 bits per heavy atom. The molecule has 6 nitrogen and oxygen atoms in total. The van der Waals surface area contributed by atoms with E-state index in [-0.39, 0.29) is 11.9 Å². The van der Waals surface area contributed by atoms with Gasteiger partial charge in [0.1, 0.15) is 10.6 Å². The normalized spacial score (nSPS) is 19.7.